The van der Waals surface area contributed by atoms with Gasteiger partial charge in [0.2, 0.25) is 0 Å². The molecule has 0 amide bonds. The van der Waals surface area contributed by atoms with E-state index < -0.39 is 0 Å². The number of ketones is 1. The Kier molecular flexibility index (Phi) is 3.40. The Bertz CT molecular complexity index is 484. The first-order chi connectivity index (χ1) is 7.83. The van der Waals surface area contributed by atoms with E-state index in [2.05, 4.69) is 11.9 Å². The molecule has 0 unspecified atom stereocenters. The average Bonchev–Trinajstić information content (AvgIpc) is 2.73. The summed E-state index contributed by atoms with van der Waals surface area (Å²) < 4.78 is 0. The van der Waals surface area contributed by atoms with Crippen LogP contribution in [-0.2, 0) is 0 Å². The number of hydrogen-bond acceptors (Lipinski definition) is 1. The van der Waals surface area contributed by atoms with Gasteiger partial charge in [-0.05, 0) is 12.5 Å². The molecule has 1 heterocycles. The minimum atomic E-state index is 0.228. The molecule has 1 aromatic carbocycles. The van der Waals surface area contributed by atoms with Crippen LogP contribution >= 0.6 is 0 Å². The van der Waals surface area contributed by atoms with E-state index in [0.717, 1.165) is 35.7 Å². The smallest absolute Gasteiger partial charge is 0.165 e. The third-order valence-electron chi connectivity index (χ3n) is 2.79. The Balaban J connectivity index is 2.17. The number of fused-ring (bicyclic) bond motifs is 1. The van der Waals surface area contributed by atoms with Crippen molar-refractivity contribution in [2.75, 3.05) is 0 Å². The number of para-hydroxylation sites is 1. The summed E-state index contributed by atoms with van der Waals surface area (Å²) in [6.07, 6.45) is 5.30. The zero-order valence-corrected chi connectivity index (χ0v) is 9.33. The van der Waals surface area contributed by atoms with E-state index in [0.29, 0.717) is 6.42 Å². The second-order valence-electron chi connectivity index (χ2n) is 3.98. The fraction of sp³-hybridized carbons (Fsp3) is 0.286. The van der Waals surface area contributed by atoms with Crippen molar-refractivity contribution >= 4 is 16.7 Å². The van der Waals surface area contributed by atoms with E-state index in [-0.39, 0.29) is 5.78 Å². The lowest BCUT2D eigenvalue weighted by Gasteiger charge is -1.98. The number of benzene rings is 1. The molecule has 0 aliphatic carbocycles. The number of H-pyrrole nitrogens is 1. The van der Waals surface area contributed by atoms with Gasteiger partial charge in [0, 0.05) is 29.1 Å². The fourth-order valence-electron chi connectivity index (χ4n) is 1.90. The molecule has 2 rings (SSSR count). The summed E-state index contributed by atoms with van der Waals surface area (Å²) in [7, 11) is 0. The largest absolute Gasteiger partial charge is 0.360 e. The van der Waals surface area contributed by atoms with Gasteiger partial charge in [0.15, 0.2) is 5.78 Å². The van der Waals surface area contributed by atoms with Crippen LogP contribution in [-0.4, -0.2) is 10.8 Å². The number of Topliss-reactive ketones (excluding diaryl/α,β-unsaturated/α-hetero) is 1. The molecule has 1 aromatic heterocycles. The van der Waals surface area contributed by atoms with Crippen molar-refractivity contribution < 1.29 is 4.79 Å². The van der Waals surface area contributed by atoms with Crippen molar-refractivity contribution in [3.8, 4) is 0 Å². The molecule has 2 nitrogen and oxygen atoms in total. The van der Waals surface area contributed by atoms with Gasteiger partial charge in [-0.1, -0.05) is 38.0 Å². The lowest BCUT2D eigenvalue weighted by atomic mass is 10.0. The standard InChI is InChI=1S/C14H16NO/c1-2-3-4-9-14(16)12-10-15-13-8-6-5-7-11(12)13/h5-8,10,15H,1-4,9H2. The second-order valence-corrected chi connectivity index (χ2v) is 3.98. The first kappa shape index (κ1) is 10.9. The number of aromatic amines is 1. The molecule has 2 heteroatoms. The summed E-state index contributed by atoms with van der Waals surface area (Å²) >= 11 is 0. The van der Waals surface area contributed by atoms with Crippen LogP contribution in [0.3, 0.4) is 0 Å². The molecule has 1 radical (unpaired) electrons. The molecular formula is C14H16NO. The Morgan fingerprint density at radius 2 is 2.06 bits per heavy atom. The van der Waals surface area contributed by atoms with Crippen LogP contribution in [0.2, 0.25) is 0 Å². The van der Waals surface area contributed by atoms with E-state index in [1.807, 2.05) is 30.5 Å². The van der Waals surface area contributed by atoms with Crippen LogP contribution < -0.4 is 0 Å². The summed E-state index contributed by atoms with van der Waals surface area (Å²) in [4.78, 5) is 15.1. The molecule has 0 aliphatic rings. The Morgan fingerprint density at radius 3 is 2.88 bits per heavy atom. The van der Waals surface area contributed by atoms with E-state index in [4.69, 9.17) is 0 Å². The highest BCUT2D eigenvalue weighted by molar-refractivity contribution is 6.07. The number of unbranched alkanes of at least 4 members (excludes halogenated alkanes) is 2. The SMILES string of the molecule is [CH2]CCCCC(=O)c1c[nH]c2ccccc12. The third-order valence-corrected chi connectivity index (χ3v) is 2.79. The molecule has 0 saturated carbocycles. The number of aromatic nitrogens is 1. The normalized spacial score (nSPS) is 10.8. The molecule has 0 spiro atoms. The van der Waals surface area contributed by atoms with Crippen LogP contribution in [0.4, 0.5) is 0 Å². The summed E-state index contributed by atoms with van der Waals surface area (Å²) in [6, 6.07) is 7.90. The maximum atomic E-state index is 12.0. The molecule has 0 saturated heterocycles. The molecule has 16 heavy (non-hydrogen) atoms. The van der Waals surface area contributed by atoms with Crippen LogP contribution in [0, 0.1) is 6.92 Å². The maximum Gasteiger partial charge on any atom is 0.165 e. The van der Waals surface area contributed by atoms with E-state index in [1.54, 1.807) is 0 Å². The highest BCUT2D eigenvalue weighted by Gasteiger charge is 2.10. The highest BCUT2D eigenvalue weighted by Crippen LogP contribution is 2.19. The first-order valence-corrected chi connectivity index (χ1v) is 5.71. The van der Waals surface area contributed by atoms with E-state index in [9.17, 15) is 4.79 Å². The molecular weight excluding hydrogens is 198 g/mol. The van der Waals surface area contributed by atoms with Crippen LogP contribution in [0.15, 0.2) is 30.5 Å². The van der Waals surface area contributed by atoms with Crippen molar-refractivity contribution in [3.63, 3.8) is 0 Å². The number of rotatable bonds is 5. The quantitative estimate of drug-likeness (QED) is 0.596. The van der Waals surface area contributed by atoms with Crippen LogP contribution in [0.25, 0.3) is 10.9 Å². The molecule has 0 bridgehead atoms. The Hall–Kier alpha value is -1.57. The molecule has 0 atom stereocenters. The highest BCUT2D eigenvalue weighted by atomic mass is 16.1. The molecule has 0 fully saturated rings. The average molecular weight is 214 g/mol. The molecule has 1 N–H and O–H groups in total. The summed E-state index contributed by atoms with van der Waals surface area (Å²) in [5.41, 5.74) is 1.85. The van der Waals surface area contributed by atoms with E-state index >= 15 is 0 Å². The predicted octanol–water partition coefficient (Wildman–Crippen LogP) is 3.75. The van der Waals surface area contributed by atoms with Gasteiger partial charge in [-0.2, -0.15) is 0 Å². The molecule has 2 aromatic rings. The van der Waals surface area contributed by atoms with E-state index in [1.165, 1.54) is 0 Å². The predicted molar refractivity (Wildman–Crippen MR) is 66.5 cm³/mol. The van der Waals surface area contributed by atoms with Gasteiger partial charge in [0.25, 0.3) is 0 Å². The second kappa shape index (κ2) is 4.97. The lowest BCUT2D eigenvalue weighted by Crippen LogP contribution is -1.97. The van der Waals surface area contributed by atoms with Gasteiger partial charge in [-0.25, -0.2) is 0 Å². The zero-order chi connectivity index (χ0) is 11.4. The molecule has 83 valence electrons. The number of nitrogens with one attached hydrogen (secondary N) is 1. The van der Waals surface area contributed by atoms with Crippen LogP contribution in [0.5, 0.6) is 0 Å². The summed E-state index contributed by atoms with van der Waals surface area (Å²) in [6.45, 7) is 3.78. The summed E-state index contributed by atoms with van der Waals surface area (Å²) in [5.74, 6) is 0.228. The van der Waals surface area contributed by atoms with Crippen molar-refractivity contribution in [1.82, 2.24) is 4.98 Å². The first-order valence-electron chi connectivity index (χ1n) is 5.71. The Labute approximate surface area is 95.7 Å². The number of carbonyl (C=O) groups is 1. The van der Waals surface area contributed by atoms with Gasteiger partial charge >= 0.3 is 0 Å². The van der Waals surface area contributed by atoms with Crippen molar-refractivity contribution in [2.24, 2.45) is 0 Å². The minimum Gasteiger partial charge on any atom is -0.360 e. The topological polar surface area (TPSA) is 32.9 Å². The lowest BCUT2D eigenvalue weighted by molar-refractivity contribution is 0.0981. The Morgan fingerprint density at radius 1 is 1.25 bits per heavy atom. The maximum absolute atomic E-state index is 12.0. The van der Waals surface area contributed by atoms with Gasteiger partial charge in [0.1, 0.15) is 0 Å². The van der Waals surface area contributed by atoms with Crippen molar-refractivity contribution in [2.45, 2.75) is 25.7 Å². The monoisotopic (exact) mass is 214 g/mol. The van der Waals surface area contributed by atoms with Gasteiger partial charge < -0.3 is 4.98 Å². The number of carbonyl (C=O) groups excluding carboxylic acids is 1. The van der Waals surface area contributed by atoms with Gasteiger partial charge in [0.05, 0.1) is 0 Å². The minimum absolute atomic E-state index is 0.228. The van der Waals surface area contributed by atoms with Gasteiger partial charge in [-0.15, -0.1) is 0 Å². The molecule has 0 aliphatic heterocycles. The van der Waals surface area contributed by atoms with Gasteiger partial charge in [-0.3, -0.25) is 4.79 Å². The van der Waals surface area contributed by atoms with Crippen molar-refractivity contribution in [1.29, 1.82) is 0 Å². The van der Waals surface area contributed by atoms with Crippen LogP contribution in [0.1, 0.15) is 36.0 Å². The zero-order valence-electron chi connectivity index (χ0n) is 9.33. The third kappa shape index (κ3) is 2.16. The fourth-order valence-corrected chi connectivity index (χ4v) is 1.90. The summed E-state index contributed by atoms with van der Waals surface area (Å²) in [5, 5.41) is 1.03. The van der Waals surface area contributed by atoms with Crippen molar-refractivity contribution in [3.05, 3.63) is 42.9 Å². The number of hydrogen-bond donors (Lipinski definition) is 1.